The van der Waals surface area contributed by atoms with E-state index in [9.17, 15) is 8.42 Å². The molecule has 3 N–H and O–H groups in total. The SMILES string of the molecule is CCNC(=NCc1ccc(CS(=O)(=O)NC(C)C)cc1)NCCn1cccc1. The molecule has 0 bridgehead atoms. The molecule has 0 amide bonds. The van der Waals surface area contributed by atoms with Gasteiger partial charge in [-0.3, -0.25) is 0 Å². The molecule has 8 heteroatoms. The van der Waals surface area contributed by atoms with Gasteiger partial charge in [-0.1, -0.05) is 24.3 Å². The molecule has 2 aromatic rings. The summed E-state index contributed by atoms with van der Waals surface area (Å²) in [5.74, 6) is 0.751. The first-order chi connectivity index (χ1) is 13.4. The number of rotatable bonds is 10. The summed E-state index contributed by atoms with van der Waals surface area (Å²) in [5.41, 5.74) is 1.79. The average molecular weight is 406 g/mol. The standard InChI is InChI=1S/C20H31N5O2S/c1-4-21-20(22-11-14-25-12-5-6-13-25)23-15-18-7-9-19(10-8-18)16-28(26,27)24-17(2)3/h5-10,12-13,17,24H,4,11,14-16H2,1-3H3,(H2,21,22,23). The summed E-state index contributed by atoms with van der Waals surface area (Å²) >= 11 is 0. The van der Waals surface area contributed by atoms with Crippen LogP contribution in [0, 0.1) is 0 Å². The predicted molar refractivity (Wildman–Crippen MR) is 115 cm³/mol. The lowest BCUT2D eigenvalue weighted by Gasteiger charge is -2.12. The zero-order valence-electron chi connectivity index (χ0n) is 16.9. The van der Waals surface area contributed by atoms with Crippen molar-refractivity contribution >= 4 is 16.0 Å². The van der Waals surface area contributed by atoms with Gasteiger partial charge in [-0.15, -0.1) is 0 Å². The van der Waals surface area contributed by atoms with Crippen molar-refractivity contribution in [1.29, 1.82) is 0 Å². The van der Waals surface area contributed by atoms with Crippen LogP contribution in [0.3, 0.4) is 0 Å². The van der Waals surface area contributed by atoms with Crippen LogP contribution in [0.4, 0.5) is 0 Å². The van der Waals surface area contributed by atoms with E-state index in [2.05, 4.69) is 24.9 Å². The van der Waals surface area contributed by atoms with Crippen molar-refractivity contribution in [3.05, 3.63) is 59.9 Å². The molecule has 0 unspecified atom stereocenters. The zero-order valence-corrected chi connectivity index (χ0v) is 17.7. The lowest BCUT2D eigenvalue weighted by Crippen LogP contribution is -2.38. The van der Waals surface area contributed by atoms with Crippen LogP contribution in [0.15, 0.2) is 53.8 Å². The molecule has 0 radical (unpaired) electrons. The molecule has 154 valence electrons. The van der Waals surface area contributed by atoms with E-state index < -0.39 is 10.0 Å². The lowest BCUT2D eigenvalue weighted by atomic mass is 10.1. The van der Waals surface area contributed by atoms with E-state index in [1.165, 1.54) is 0 Å². The second-order valence-electron chi connectivity index (χ2n) is 6.89. The number of nitrogens with zero attached hydrogens (tertiary/aromatic N) is 2. The minimum Gasteiger partial charge on any atom is -0.357 e. The van der Waals surface area contributed by atoms with Gasteiger partial charge in [0.15, 0.2) is 5.96 Å². The Balaban J connectivity index is 1.89. The molecular formula is C20H31N5O2S. The molecule has 1 aromatic heterocycles. The second kappa shape index (κ2) is 10.9. The molecule has 7 nitrogen and oxygen atoms in total. The first-order valence-electron chi connectivity index (χ1n) is 9.58. The smallest absolute Gasteiger partial charge is 0.216 e. The van der Waals surface area contributed by atoms with Crippen molar-refractivity contribution in [2.75, 3.05) is 13.1 Å². The quantitative estimate of drug-likeness (QED) is 0.417. The Hall–Kier alpha value is -2.32. The number of aromatic nitrogens is 1. The number of sulfonamides is 1. The van der Waals surface area contributed by atoms with E-state index in [4.69, 9.17) is 0 Å². The molecule has 0 saturated heterocycles. The van der Waals surface area contributed by atoms with Gasteiger partial charge >= 0.3 is 0 Å². The van der Waals surface area contributed by atoms with E-state index in [0.29, 0.717) is 6.54 Å². The van der Waals surface area contributed by atoms with Crippen LogP contribution in [0.25, 0.3) is 0 Å². The van der Waals surface area contributed by atoms with Gasteiger partial charge in [-0.2, -0.15) is 0 Å². The van der Waals surface area contributed by atoms with Crippen molar-refractivity contribution in [2.24, 2.45) is 4.99 Å². The van der Waals surface area contributed by atoms with Gasteiger partial charge in [-0.25, -0.2) is 18.1 Å². The molecular weight excluding hydrogens is 374 g/mol. The summed E-state index contributed by atoms with van der Waals surface area (Å²) in [7, 11) is -3.31. The molecule has 28 heavy (non-hydrogen) atoms. The molecule has 0 atom stereocenters. The van der Waals surface area contributed by atoms with Crippen LogP contribution in [0.1, 0.15) is 31.9 Å². The number of hydrogen-bond donors (Lipinski definition) is 3. The van der Waals surface area contributed by atoms with Crippen molar-refractivity contribution in [3.8, 4) is 0 Å². The van der Waals surface area contributed by atoms with E-state index in [1.807, 2.05) is 69.6 Å². The highest BCUT2D eigenvalue weighted by molar-refractivity contribution is 7.88. The van der Waals surface area contributed by atoms with Gasteiger partial charge in [0.1, 0.15) is 0 Å². The number of hydrogen-bond acceptors (Lipinski definition) is 3. The number of benzene rings is 1. The van der Waals surface area contributed by atoms with Crippen molar-refractivity contribution in [3.63, 3.8) is 0 Å². The summed E-state index contributed by atoms with van der Waals surface area (Å²) in [6.45, 7) is 8.61. The first-order valence-corrected chi connectivity index (χ1v) is 11.2. The van der Waals surface area contributed by atoms with Crippen molar-refractivity contribution < 1.29 is 8.42 Å². The molecule has 0 aliphatic rings. The van der Waals surface area contributed by atoms with Gasteiger partial charge < -0.3 is 15.2 Å². The molecule has 0 saturated carbocycles. The van der Waals surface area contributed by atoms with Gasteiger partial charge in [0.05, 0.1) is 12.3 Å². The lowest BCUT2D eigenvalue weighted by molar-refractivity contribution is 0.569. The Kier molecular flexibility index (Phi) is 8.53. The number of nitrogens with one attached hydrogen (secondary N) is 3. The monoisotopic (exact) mass is 405 g/mol. The topological polar surface area (TPSA) is 87.5 Å². The Labute approximate surface area is 168 Å². The average Bonchev–Trinajstić information content (AvgIpc) is 3.13. The fourth-order valence-electron chi connectivity index (χ4n) is 2.70. The van der Waals surface area contributed by atoms with Crippen LogP contribution >= 0.6 is 0 Å². The van der Waals surface area contributed by atoms with Gasteiger partial charge in [0, 0.05) is 38.1 Å². The van der Waals surface area contributed by atoms with E-state index in [1.54, 1.807) is 0 Å². The highest BCUT2D eigenvalue weighted by Crippen LogP contribution is 2.09. The molecule has 0 spiro atoms. The highest BCUT2D eigenvalue weighted by atomic mass is 32.2. The van der Waals surface area contributed by atoms with Gasteiger partial charge in [-0.05, 0) is 44.0 Å². The Morgan fingerprint density at radius 1 is 1.07 bits per heavy atom. The Bertz CT molecular complexity index is 828. The molecule has 2 rings (SSSR count). The summed E-state index contributed by atoms with van der Waals surface area (Å²) in [6.07, 6.45) is 4.06. The summed E-state index contributed by atoms with van der Waals surface area (Å²) in [4.78, 5) is 4.60. The number of aliphatic imine (C=N–C) groups is 1. The Morgan fingerprint density at radius 2 is 1.71 bits per heavy atom. The minimum atomic E-state index is -3.31. The zero-order chi connectivity index (χ0) is 20.4. The van der Waals surface area contributed by atoms with Crippen molar-refractivity contribution in [2.45, 2.75) is 45.7 Å². The van der Waals surface area contributed by atoms with Crippen LogP contribution < -0.4 is 15.4 Å². The largest absolute Gasteiger partial charge is 0.357 e. The molecule has 0 aliphatic heterocycles. The normalized spacial score (nSPS) is 12.4. The van der Waals surface area contributed by atoms with Crippen LogP contribution in [-0.4, -0.2) is 38.1 Å². The first kappa shape index (κ1) is 22.0. The van der Waals surface area contributed by atoms with Gasteiger partial charge in [0.2, 0.25) is 10.0 Å². The predicted octanol–water partition coefficient (Wildman–Crippen LogP) is 2.07. The second-order valence-corrected chi connectivity index (χ2v) is 8.64. The highest BCUT2D eigenvalue weighted by Gasteiger charge is 2.12. The molecule has 0 aliphatic carbocycles. The van der Waals surface area contributed by atoms with Crippen molar-refractivity contribution in [1.82, 2.24) is 19.9 Å². The summed E-state index contributed by atoms with van der Waals surface area (Å²) in [6, 6.07) is 11.4. The molecule has 1 heterocycles. The van der Waals surface area contributed by atoms with Crippen LogP contribution in [0.2, 0.25) is 0 Å². The summed E-state index contributed by atoms with van der Waals surface area (Å²) < 4.78 is 28.7. The van der Waals surface area contributed by atoms with E-state index in [-0.39, 0.29) is 11.8 Å². The fourth-order valence-corrected chi connectivity index (χ4v) is 4.13. The third-order valence-electron chi connectivity index (χ3n) is 3.89. The maximum absolute atomic E-state index is 12.0. The minimum absolute atomic E-state index is 0.0156. The molecule has 1 aromatic carbocycles. The number of guanidine groups is 1. The third kappa shape index (κ3) is 8.14. The third-order valence-corrected chi connectivity index (χ3v) is 5.43. The van der Waals surface area contributed by atoms with Gasteiger partial charge in [0.25, 0.3) is 0 Å². The van der Waals surface area contributed by atoms with E-state index in [0.717, 1.165) is 36.7 Å². The van der Waals surface area contributed by atoms with E-state index >= 15 is 0 Å². The van der Waals surface area contributed by atoms with Crippen LogP contribution in [-0.2, 0) is 28.9 Å². The maximum Gasteiger partial charge on any atom is 0.216 e. The molecule has 0 fully saturated rings. The fraction of sp³-hybridized carbons (Fsp3) is 0.450. The summed E-state index contributed by atoms with van der Waals surface area (Å²) in [5, 5.41) is 6.56. The maximum atomic E-state index is 12.0. The van der Waals surface area contributed by atoms with Crippen LogP contribution in [0.5, 0.6) is 0 Å². The Morgan fingerprint density at radius 3 is 2.32 bits per heavy atom.